The molecular weight excluding hydrogens is 272 g/mol. The maximum absolute atomic E-state index is 12.4. The highest BCUT2D eigenvalue weighted by atomic mass is 35.5. The number of rotatable bonds is 2. The van der Waals surface area contributed by atoms with Gasteiger partial charge in [0.25, 0.3) is 0 Å². The van der Waals surface area contributed by atoms with Crippen molar-refractivity contribution in [1.29, 1.82) is 0 Å². The number of halogens is 1. The summed E-state index contributed by atoms with van der Waals surface area (Å²) in [5.74, 6) is 2.47. The first-order valence-corrected chi connectivity index (χ1v) is 8.34. The smallest absolute Gasteiger partial charge is 0.223 e. The van der Waals surface area contributed by atoms with Crippen molar-refractivity contribution in [2.45, 2.75) is 63.8 Å². The molecule has 1 saturated heterocycles. The molecule has 0 bridgehead atoms. The van der Waals surface area contributed by atoms with E-state index in [2.05, 4.69) is 10.6 Å². The molecule has 20 heavy (non-hydrogen) atoms. The summed E-state index contributed by atoms with van der Waals surface area (Å²) >= 11 is 0. The van der Waals surface area contributed by atoms with E-state index in [0.29, 0.717) is 17.9 Å². The van der Waals surface area contributed by atoms with Crippen LogP contribution in [0.25, 0.3) is 0 Å². The van der Waals surface area contributed by atoms with Gasteiger partial charge in [0, 0.05) is 12.0 Å². The zero-order chi connectivity index (χ0) is 13.1. The van der Waals surface area contributed by atoms with E-state index in [4.69, 9.17) is 0 Å². The lowest BCUT2D eigenvalue weighted by atomic mass is 9.67. The normalized spacial score (nSPS) is 34.7. The van der Waals surface area contributed by atoms with Crippen LogP contribution >= 0.6 is 12.4 Å². The topological polar surface area (TPSA) is 41.1 Å². The second-order valence-corrected chi connectivity index (χ2v) is 6.85. The summed E-state index contributed by atoms with van der Waals surface area (Å²) in [5.41, 5.74) is 0. The Morgan fingerprint density at radius 1 is 0.900 bits per heavy atom. The molecule has 2 aliphatic carbocycles. The molecule has 3 atom stereocenters. The van der Waals surface area contributed by atoms with Crippen molar-refractivity contribution in [3.05, 3.63) is 0 Å². The van der Waals surface area contributed by atoms with Gasteiger partial charge in [0.1, 0.15) is 0 Å². The van der Waals surface area contributed by atoms with Crippen molar-refractivity contribution in [2.75, 3.05) is 13.1 Å². The van der Waals surface area contributed by atoms with Crippen LogP contribution in [0.3, 0.4) is 0 Å². The minimum absolute atomic E-state index is 0. The van der Waals surface area contributed by atoms with E-state index < -0.39 is 0 Å². The summed E-state index contributed by atoms with van der Waals surface area (Å²) in [6.07, 6.45) is 11.4. The molecule has 0 spiro atoms. The standard InChI is InChI=1S/C16H28N2O.ClH/c19-16(18-15-7-9-17-10-8-15)14-6-5-12-3-1-2-4-13(12)11-14;/h12-15,17H,1-11H2,(H,18,19);1H. The highest BCUT2D eigenvalue weighted by Gasteiger charge is 2.35. The minimum atomic E-state index is 0. The van der Waals surface area contributed by atoms with Gasteiger partial charge in [-0.1, -0.05) is 25.7 Å². The number of piperidine rings is 1. The van der Waals surface area contributed by atoms with E-state index in [1.165, 1.54) is 38.5 Å². The number of carbonyl (C=O) groups is 1. The first kappa shape index (κ1) is 16.1. The number of fused-ring (bicyclic) bond motifs is 1. The molecule has 1 heterocycles. The molecule has 2 N–H and O–H groups in total. The third-order valence-corrected chi connectivity index (χ3v) is 5.60. The summed E-state index contributed by atoms with van der Waals surface area (Å²) in [4.78, 5) is 12.4. The SMILES string of the molecule is Cl.O=C(NC1CCNCC1)C1CCC2CCCCC2C1. The van der Waals surface area contributed by atoms with Gasteiger partial charge in [-0.05, 0) is 57.0 Å². The Morgan fingerprint density at radius 3 is 2.35 bits per heavy atom. The van der Waals surface area contributed by atoms with Crippen molar-refractivity contribution in [3.8, 4) is 0 Å². The van der Waals surface area contributed by atoms with E-state index in [1.54, 1.807) is 0 Å². The fourth-order valence-electron chi connectivity index (χ4n) is 4.40. The fourth-order valence-corrected chi connectivity index (χ4v) is 4.40. The Balaban J connectivity index is 0.00000147. The molecule has 1 aliphatic heterocycles. The Kier molecular flexibility index (Phi) is 6.16. The van der Waals surface area contributed by atoms with Gasteiger partial charge in [0.15, 0.2) is 0 Å². The molecule has 0 aromatic heterocycles. The lowest BCUT2D eigenvalue weighted by Gasteiger charge is -2.39. The minimum Gasteiger partial charge on any atom is -0.353 e. The van der Waals surface area contributed by atoms with E-state index in [1.807, 2.05) is 0 Å². The predicted molar refractivity (Wildman–Crippen MR) is 84.1 cm³/mol. The number of carbonyl (C=O) groups excluding carboxylic acids is 1. The maximum Gasteiger partial charge on any atom is 0.223 e. The molecule has 3 nitrogen and oxygen atoms in total. The quantitative estimate of drug-likeness (QED) is 0.823. The van der Waals surface area contributed by atoms with Crippen molar-refractivity contribution in [3.63, 3.8) is 0 Å². The molecule has 3 rings (SSSR count). The molecule has 116 valence electrons. The van der Waals surface area contributed by atoms with Gasteiger partial charge >= 0.3 is 0 Å². The van der Waals surface area contributed by atoms with E-state index in [-0.39, 0.29) is 12.4 Å². The summed E-state index contributed by atoms with van der Waals surface area (Å²) in [7, 11) is 0. The van der Waals surface area contributed by atoms with Crippen LogP contribution in [0.5, 0.6) is 0 Å². The van der Waals surface area contributed by atoms with Crippen molar-refractivity contribution in [1.82, 2.24) is 10.6 Å². The monoisotopic (exact) mass is 300 g/mol. The van der Waals surface area contributed by atoms with E-state index in [0.717, 1.165) is 44.2 Å². The lowest BCUT2D eigenvalue weighted by Crippen LogP contribution is -2.46. The molecule has 0 aromatic rings. The molecule has 2 saturated carbocycles. The zero-order valence-electron chi connectivity index (χ0n) is 12.4. The van der Waals surface area contributed by atoms with Crippen molar-refractivity contribution in [2.24, 2.45) is 17.8 Å². The maximum atomic E-state index is 12.4. The third-order valence-electron chi connectivity index (χ3n) is 5.60. The van der Waals surface area contributed by atoms with Crippen LogP contribution in [0.4, 0.5) is 0 Å². The molecule has 4 heteroatoms. The zero-order valence-corrected chi connectivity index (χ0v) is 13.2. The predicted octanol–water partition coefficient (Wildman–Crippen LogP) is 2.88. The highest BCUT2D eigenvalue weighted by Crippen LogP contribution is 2.42. The van der Waals surface area contributed by atoms with Crippen LogP contribution in [0.1, 0.15) is 57.8 Å². The molecule has 0 aromatic carbocycles. The Labute approximate surface area is 129 Å². The Bertz CT molecular complexity index is 318. The Morgan fingerprint density at radius 2 is 1.60 bits per heavy atom. The van der Waals surface area contributed by atoms with Crippen LogP contribution in [-0.4, -0.2) is 25.0 Å². The van der Waals surface area contributed by atoms with Gasteiger partial charge in [0.05, 0.1) is 0 Å². The van der Waals surface area contributed by atoms with Crippen LogP contribution in [0.15, 0.2) is 0 Å². The van der Waals surface area contributed by atoms with Gasteiger partial charge in [-0.25, -0.2) is 0 Å². The number of hydrogen-bond donors (Lipinski definition) is 2. The lowest BCUT2D eigenvalue weighted by molar-refractivity contribution is -0.128. The van der Waals surface area contributed by atoms with Crippen LogP contribution in [0.2, 0.25) is 0 Å². The average Bonchev–Trinajstić information content (AvgIpc) is 2.48. The van der Waals surface area contributed by atoms with Crippen LogP contribution in [0, 0.1) is 17.8 Å². The second-order valence-electron chi connectivity index (χ2n) is 6.85. The molecule has 3 unspecified atom stereocenters. The molecule has 3 fully saturated rings. The van der Waals surface area contributed by atoms with Gasteiger partial charge in [-0.2, -0.15) is 0 Å². The largest absolute Gasteiger partial charge is 0.353 e. The van der Waals surface area contributed by atoms with Crippen LogP contribution in [-0.2, 0) is 4.79 Å². The van der Waals surface area contributed by atoms with Gasteiger partial charge in [-0.15, -0.1) is 12.4 Å². The third kappa shape index (κ3) is 3.88. The fraction of sp³-hybridized carbons (Fsp3) is 0.938. The Hall–Kier alpha value is -0.280. The number of amides is 1. The molecule has 1 amide bonds. The van der Waals surface area contributed by atoms with Gasteiger partial charge < -0.3 is 10.6 Å². The number of hydrogen-bond acceptors (Lipinski definition) is 2. The average molecular weight is 301 g/mol. The van der Waals surface area contributed by atoms with Gasteiger partial charge in [-0.3, -0.25) is 4.79 Å². The van der Waals surface area contributed by atoms with Crippen molar-refractivity contribution < 1.29 is 4.79 Å². The van der Waals surface area contributed by atoms with Crippen LogP contribution < -0.4 is 10.6 Å². The van der Waals surface area contributed by atoms with Gasteiger partial charge in [0.2, 0.25) is 5.91 Å². The first-order chi connectivity index (χ1) is 9.33. The number of nitrogens with one attached hydrogen (secondary N) is 2. The molecule has 0 radical (unpaired) electrons. The summed E-state index contributed by atoms with van der Waals surface area (Å²) in [6.45, 7) is 2.11. The van der Waals surface area contributed by atoms with E-state index >= 15 is 0 Å². The molecular formula is C16H29ClN2O. The first-order valence-electron chi connectivity index (χ1n) is 8.34. The summed E-state index contributed by atoms with van der Waals surface area (Å²) in [5, 5.41) is 6.66. The van der Waals surface area contributed by atoms with Crippen molar-refractivity contribution >= 4 is 18.3 Å². The summed E-state index contributed by atoms with van der Waals surface area (Å²) in [6, 6.07) is 0.429. The van der Waals surface area contributed by atoms with E-state index in [9.17, 15) is 4.79 Å². The highest BCUT2D eigenvalue weighted by molar-refractivity contribution is 5.85. The summed E-state index contributed by atoms with van der Waals surface area (Å²) < 4.78 is 0. The molecule has 3 aliphatic rings. The second kappa shape index (κ2) is 7.65.